The number of hydrogen-bond acceptors (Lipinski definition) is 4. The summed E-state index contributed by atoms with van der Waals surface area (Å²) in [5.41, 5.74) is 2.15. The third-order valence-corrected chi connectivity index (χ3v) is 3.97. The number of amides is 2. The lowest BCUT2D eigenvalue weighted by Gasteiger charge is -2.26. The second kappa shape index (κ2) is 7.95. The van der Waals surface area contributed by atoms with Crippen LogP contribution in [0.2, 0.25) is 0 Å². The van der Waals surface area contributed by atoms with E-state index < -0.39 is 0 Å². The Hall–Kier alpha value is -3.28. The van der Waals surface area contributed by atoms with Gasteiger partial charge >= 0.3 is 0 Å². The van der Waals surface area contributed by atoms with Gasteiger partial charge in [0.1, 0.15) is 11.5 Å². The molecule has 1 heterocycles. The maximum Gasteiger partial charge on any atom is 0.264 e. The Bertz CT molecular complexity index is 890. The Morgan fingerprint density at radius 2 is 2.07 bits per heavy atom. The lowest BCUT2D eigenvalue weighted by molar-refractivity contribution is -0.121. The summed E-state index contributed by atoms with van der Waals surface area (Å²) in [5.74, 6) is 0.965. The number of ether oxygens (including phenoxy) is 2. The first-order valence-corrected chi connectivity index (χ1v) is 8.71. The molecule has 0 bridgehead atoms. The first-order valence-electron chi connectivity index (χ1n) is 8.71. The lowest BCUT2D eigenvalue weighted by Crippen LogP contribution is -2.35. The summed E-state index contributed by atoms with van der Waals surface area (Å²) in [6.07, 6.45) is 3.28. The molecule has 140 valence electrons. The second-order valence-electron chi connectivity index (χ2n) is 6.49. The SMILES string of the molecule is CC(C)Oc1cccc(/C=C/C(=O)Nc2ccc3c(c2)OCC(=O)N3C)c1. The molecule has 0 radical (unpaired) electrons. The number of likely N-dealkylation sites (N-methyl/N-ethyl adjacent to an activating group) is 1. The molecule has 0 fully saturated rings. The molecule has 0 atom stereocenters. The quantitative estimate of drug-likeness (QED) is 0.823. The van der Waals surface area contributed by atoms with Crippen molar-refractivity contribution in [2.45, 2.75) is 20.0 Å². The van der Waals surface area contributed by atoms with Gasteiger partial charge in [-0.2, -0.15) is 0 Å². The number of benzene rings is 2. The summed E-state index contributed by atoms with van der Waals surface area (Å²) in [6, 6.07) is 12.7. The van der Waals surface area contributed by atoms with Crippen LogP contribution in [0.5, 0.6) is 11.5 Å². The van der Waals surface area contributed by atoms with Gasteiger partial charge in [0.15, 0.2) is 6.61 Å². The van der Waals surface area contributed by atoms with E-state index >= 15 is 0 Å². The van der Waals surface area contributed by atoms with Gasteiger partial charge in [0.25, 0.3) is 5.91 Å². The van der Waals surface area contributed by atoms with E-state index in [0.29, 0.717) is 17.1 Å². The molecular weight excluding hydrogens is 344 g/mol. The summed E-state index contributed by atoms with van der Waals surface area (Å²) in [7, 11) is 1.70. The van der Waals surface area contributed by atoms with Crippen LogP contribution in [-0.2, 0) is 9.59 Å². The summed E-state index contributed by atoms with van der Waals surface area (Å²) < 4.78 is 11.1. The highest BCUT2D eigenvalue weighted by Gasteiger charge is 2.22. The number of carbonyl (C=O) groups excluding carboxylic acids is 2. The zero-order chi connectivity index (χ0) is 19.4. The van der Waals surface area contributed by atoms with Crippen LogP contribution in [0.4, 0.5) is 11.4 Å². The van der Waals surface area contributed by atoms with Crippen LogP contribution < -0.4 is 19.7 Å². The van der Waals surface area contributed by atoms with Crippen molar-refractivity contribution in [3.05, 3.63) is 54.1 Å². The molecule has 6 heteroatoms. The van der Waals surface area contributed by atoms with Crippen molar-refractivity contribution in [3.63, 3.8) is 0 Å². The van der Waals surface area contributed by atoms with Gasteiger partial charge in [-0.25, -0.2) is 0 Å². The van der Waals surface area contributed by atoms with Crippen LogP contribution in [0.1, 0.15) is 19.4 Å². The maximum atomic E-state index is 12.2. The summed E-state index contributed by atoms with van der Waals surface area (Å²) >= 11 is 0. The molecule has 27 heavy (non-hydrogen) atoms. The molecule has 0 unspecified atom stereocenters. The Balaban J connectivity index is 1.66. The minimum atomic E-state index is -0.259. The van der Waals surface area contributed by atoms with Crippen molar-refractivity contribution in [2.24, 2.45) is 0 Å². The fourth-order valence-corrected chi connectivity index (χ4v) is 2.67. The monoisotopic (exact) mass is 366 g/mol. The highest BCUT2D eigenvalue weighted by Crippen LogP contribution is 2.33. The van der Waals surface area contributed by atoms with E-state index in [1.54, 1.807) is 31.3 Å². The van der Waals surface area contributed by atoms with Crippen molar-refractivity contribution >= 4 is 29.3 Å². The number of hydrogen-bond donors (Lipinski definition) is 1. The first kappa shape index (κ1) is 18.5. The molecule has 1 N–H and O–H groups in total. The van der Waals surface area contributed by atoms with E-state index in [9.17, 15) is 9.59 Å². The number of nitrogens with zero attached hydrogens (tertiary/aromatic N) is 1. The normalized spacial score (nSPS) is 13.5. The average Bonchev–Trinajstić information content (AvgIpc) is 2.63. The van der Waals surface area contributed by atoms with Gasteiger partial charge in [0, 0.05) is 24.9 Å². The van der Waals surface area contributed by atoms with E-state index in [1.165, 1.54) is 11.0 Å². The van der Waals surface area contributed by atoms with Gasteiger partial charge in [-0.05, 0) is 49.8 Å². The number of nitrogens with one attached hydrogen (secondary N) is 1. The minimum Gasteiger partial charge on any atom is -0.491 e. The maximum absolute atomic E-state index is 12.2. The molecule has 1 aliphatic heterocycles. The Kier molecular flexibility index (Phi) is 5.45. The van der Waals surface area contributed by atoms with Gasteiger partial charge in [0.05, 0.1) is 11.8 Å². The van der Waals surface area contributed by atoms with Crippen molar-refractivity contribution < 1.29 is 19.1 Å². The van der Waals surface area contributed by atoms with Crippen molar-refractivity contribution in [1.82, 2.24) is 0 Å². The van der Waals surface area contributed by atoms with Gasteiger partial charge in [-0.3, -0.25) is 9.59 Å². The summed E-state index contributed by atoms with van der Waals surface area (Å²) in [4.78, 5) is 25.4. The summed E-state index contributed by atoms with van der Waals surface area (Å²) in [6.45, 7) is 3.92. The zero-order valence-electron chi connectivity index (χ0n) is 15.6. The Labute approximate surface area is 158 Å². The average molecular weight is 366 g/mol. The highest BCUT2D eigenvalue weighted by atomic mass is 16.5. The molecule has 0 aliphatic carbocycles. The van der Waals surface area contributed by atoms with Crippen molar-refractivity contribution in [3.8, 4) is 11.5 Å². The van der Waals surface area contributed by atoms with Crippen molar-refractivity contribution in [2.75, 3.05) is 23.9 Å². The third-order valence-electron chi connectivity index (χ3n) is 3.97. The van der Waals surface area contributed by atoms with Crippen LogP contribution in [0.15, 0.2) is 48.5 Å². The van der Waals surface area contributed by atoms with Gasteiger partial charge < -0.3 is 19.7 Å². The molecule has 2 aromatic carbocycles. The van der Waals surface area contributed by atoms with E-state index in [0.717, 1.165) is 11.3 Å². The Morgan fingerprint density at radius 1 is 1.26 bits per heavy atom. The Morgan fingerprint density at radius 3 is 2.85 bits per heavy atom. The number of anilines is 2. The molecular formula is C21H22N2O4. The smallest absolute Gasteiger partial charge is 0.264 e. The lowest BCUT2D eigenvalue weighted by atomic mass is 10.2. The zero-order valence-corrected chi connectivity index (χ0v) is 15.6. The molecule has 0 saturated carbocycles. The van der Waals surface area contributed by atoms with E-state index in [-0.39, 0.29) is 24.5 Å². The predicted molar refractivity (Wildman–Crippen MR) is 105 cm³/mol. The molecule has 6 nitrogen and oxygen atoms in total. The molecule has 0 aromatic heterocycles. The fourth-order valence-electron chi connectivity index (χ4n) is 2.67. The van der Waals surface area contributed by atoms with Crippen molar-refractivity contribution in [1.29, 1.82) is 0 Å². The predicted octanol–water partition coefficient (Wildman–Crippen LogP) is 3.48. The number of rotatable bonds is 5. The fraction of sp³-hybridized carbons (Fsp3) is 0.238. The van der Waals surface area contributed by atoms with Crippen LogP contribution in [0, 0.1) is 0 Å². The topological polar surface area (TPSA) is 67.9 Å². The van der Waals surface area contributed by atoms with Gasteiger partial charge in [0.2, 0.25) is 5.91 Å². The first-order chi connectivity index (χ1) is 12.9. The van der Waals surface area contributed by atoms with E-state index in [2.05, 4.69) is 5.32 Å². The highest BCUT2D eigenvalue weighted by molar-refractivity contribution is 6.03. The van der Waals surface area contributed by atoms with Crippen LogP contribution in [-0.4, -0.2) is 31.6 Å². The molecule has 1 aliphatic rings. The second-order valence-corrected chi connectivity index (χ2v) is 6.49. The summed E-state index contributed by atoms with van der Waals surface area (Å²) in [5, 5.41) is 2.79. The minimum absolute atomic E-state index is 0.00437. The van der Waals surface area contributed by atoms with Crippen LogP contribution >= 0.6 is 0 Å². The van der Waals surface area contributed by atoms with Gasteiger partial charge in [-0.15, -0.1) is 0 Å². The van der Waals surface area contributed by atoms with E-state index in [1.807, 2.05) is 38.1 Å². The van der Waals surface area contributed by atoms with Gasteiger partial charge in [-0.1, -0.05) is 12.1 Å². The molecule has 0 saturated heterocycles. The standard InChI is InChI=1S/C21H22N2O4/c1-14(2)27-17-6-4-5-15(11-17)7-10-20(24)22-16-8-9-18-19(12-16)26-13-21(25)23(18)3/h4-12,14H,13H2,1-3H3,(H,22,24)/b10-7+. The number of fused-ring (bicyclic) bond motifs is 1. The van der Waals surface area contributed by atoms with Crippen LogP contribution in [0.3, 0.4) is 0 Å². The molecule has 3 rings (SSSR count). The largest absolute Gasteiger partial charge is 0.491 e. The molecule has 2 aromatic rings. The molecule has 0 spiro atoms. The van der Waals surface area contributed by atoms with E-state index in [4.69, 9.17) is 9.47 Å². The number of carbonyl (C=O) groups is 2. The van der Waals surface area contributed by atoms with Crippen LogP contribution in [0.25, 0.3) is 6.08 Å². The third kappa shape index (κ3) is 4.67. The molecule has 2 amide bonds.